The molecule has 3 heterocycles. The highest BCUT2D eigenvalue weighted by atomic mass is 31.3. The van der Waals surface area contributed by atoms with Gasteiger partial charge >= 0.3 is 29.2 Å². The molecule has 5 atom stereocenters. The zero-order valence-electron chi connectivity index (χ0n) is 20.5. The predicted octanol–water partition coefficient (Wildman–Crippen LogP) is -1.86. The van der Waals surface area contributed by atoms with E-state index < -0.39 is 53.7 Å². The number of amides is 1. The van der Waals surface area contributed by atoms with Gasteiger partial charge in [0.25, 0.3) is 5.91 Å². The van der Waals surface area contributed by atoms with Crippen molar-refractivity contribution in [2.45, 2.75) is 25.0 Å². The van der Waals surface area contributed by atoms with Crippen molar-refractivity contribution >= 4 is 35.2 Å². The van der Waals surface area contributed by atoms with Crippen molar-refractivity contribution in [1.82, 2.24) is 19.9 Å². The fourth-order valence-corrected chi connectivity index (χ4v) is 5.82. The lowest BCUT2D eigenvalue weighted by molar-refractivity contribution is -0.339. The number of nitrogen functional groups attached to an aromatic ring is 1. The SMILES string of the molecule is NOc1ccc(C(=O)NCC#Cc2cn(C3CC(O)C(OOP(=O)(O)OP(=O)(O)OP(=O)(O)O)O3)c(=O)nc2N)cn1. The summed E-state index contributed by atoms with van der Waals surface area (Å²) in [7, 11) is -17.1. The second kappa shape index (κ2) is 13.5. The summed E-state index contributed by atoms with van der Waals surface area (Å²) in [5, 5.41) is 12.6. The molecule has 230 valence electrons. The first-order chi connectivity index (χ1) is 19.5. The molecule has 22 nitrogen and oxygen atoms in total. The number of pyridine rings is 1. The maximum atomic E-state index is 12.4. The number of aliphatic hydroxyl groups is 1. The first-order valence-corrected chi connectivity index (χ1v) is 15.3. The number of nitrogens with zero attached hydrogens (tertiary/aromatic N) is 3. The minimum absolute atomic E-state index is 0.00526. The van der Waals surface area contributed by atoms with E-state index in [1.807, 2.05) is 0 Å². The Hall–Kier alpha value is -3.09. The number of carbonyl (C=O) groups excluding carboxylic acids is 1. The maximum absolute atomic E-state index is 12.4. The summed E-state index contributed by atoms with van der Waals surface area (Å²) in [4.78, 5) is 76.4. The number of nitrogens with one attached hydrogen (secondary N) is 1. The van der Waals surface area contributed by atoms with Gasteiger partial charge in [0.15, 0.2) is 0 Å². The smallest absolute Gasteiger partial charge is 0.391 e. The molecule has 1 fully saturated rings. The number of hydrogen-bond acceptors (Lipinski definition) is 16. The number of anilines is 1. The van der Waals surface area contributed by atoms with Crippen molar-refractivity contribution in [2.24, 2.45) is 5.90 Å². The Bertz CT molecular complexity index is 1570. The van der Waals surface area contributed by atoms with E-state index >= 15 is 0 Å². The van der Waals surface area contributed by atoms with E-state index in [2.05, 4.69) is 50.1 Å². The van der Waals surface area contributed by atoms with Crippen LogP contribution < -0.4 is 27.5 Å². The van der Waals surface area contributed by atoms with Gasteiger partial charge in [0.1, 0.15) is 18.1 Å². The van der Waals surface area contributed by atoms with Crippen LogP contribution in [0.5, 0.6) is 5.88 Å². The zero-order chi connectivity index (χ0) is 31.3. The lowest BCUT2D eigenvalue weighted by Gasteiger charge is -2.18. The molecule has 0 radical (unpaired) electrons. The molecule has 0 saturated carbocycles. The van der Waals surface area contributed by atoms with E-state index in [9.17, 15) is 33.3 Å². The van der Waals surface area contributed by atoms with Crippen LogP contribution in [0.3, 0.4) is 0 Å². The second-order valence-corrected chi connectivity index (χ2v) is 12.1. The summed E-state index contributed by atoms with van der Waals surface area (Å²) in [5.41, 5.74) is 4.96. The molecule has 0 aromatic carbocycles. The molecule has 42 heavy (non-hydrogen) atoms. The van der Waals surface area contributed by atoms with Gasteiger partial charge in [-0.3, -0.25) is 9.36 Å². The Balaban J connectivity index is 1.62. The average Bonchev–Trinajstić information content (AvgIpc) is 3.24. The Labute approximate surface area is 233 Å². The summed E-state index contributed by atoms with van der Waals surface area (Å²) < 4.78 is 50.9. The van der Waals surface area contributed by atoms with Gasteiger partial charge in [-0.1, -0.05) is 11.8 Å². The summed E-state index contributed by atoms with van der Waals surface area (Å²) in [6.07, 6.45) is -2.91. The largest absolute Gasteiger partial charge is 0.508 e. The first-order valence-electron chi connectivity index (χ1n) is 10.8. The predicted molar refractivity (Wildman–Crippen MR) is 132 cm³/mol. The Morgan fingerprint density at radius 1 is 1.19 bits per heavy atom. The van der Waals surface area contributed by atoms with Crippen LogP contribution in [0, 0.1) is 11.8 Å². The Morgan fingerprint density at radius 2 is 1.90 bits per heavy atom. The van der Waals surface area contributed by atoms with Crippen LogP contribution in [0.25, 0.3) is 0 Å². The van der Waals surface area contributed by atoms with Crippen molar-refractivity contribution in [3.63, 3.8) is 0 Å². The van der Waals surface area contributed by atoms with Gasteiger partial charge in [0.05, 0.1) is 17.7 Å². The number of ether oxygens (including phenoxy) is 1. The molecule has 25 heteroatoms. The summed E-state index contributed by atoms with van der Waals surface area (Å²) in [6.45, 7) is -0.165. The highest BCUT2D eigenvalue weighted by molar-refractivity contribution is 7.66. The third kappa shape index (κ3) is 9.74. The van der Waals surface area contributed by atoms with Crippen molar-refractivity contribution in [3.8, 4) is 17.7 Å². The number of hydrogen-bond donors (Lipinski definition) is 8. The van der Waals surface area contributed by atoms with E-state index in [1.54, 1.807) is 0 Å². The highest BCUT2D eigenvalue weighted by Crippen LogP contribution is 2.66. The number of nitrogens with two attached hydrogens (primary N) is 2. The molecule has 1 saturated heterocycles. The fourth-order valence-electron chi connectivity index (χ4n) is 3.01. The normalized spacial score (nSPS) is 21.4. The number of aliphatic hydroxyl groups excluding tert-OH is 1. The van der Waals surface area contributed by atoms with Crippen molar-refractivity contribution in [1.29, 1.82) is 0 Å². The summed E-state index contributed by atoms with van der Waals surface area (Å²) in [6, 6.07) is 2.78. The Morgan fingerprint density at radius 3 is 2.52 bits per heavy atom. The topological polar surface area (TPSA) is 337 Å². The van der Waals surface area contributed by atoms with Crippen molar-refractivity contribution in [3.05, 3.63) is 46.1 Å². The van der Waals surface area contributed by atoms with Crippen LogP contribution in [0.1, 0.15) is 28.6 Å². The zero-order valence-corrected chi connectivity index (χ0v) is 23.2. The molecule has 0 spiro atoms. The molecule has 10 N–H and O–H groups in total. The van der Waals surface area contributed by atoms with Gasteiger partial charge in [0.2, 0.25) is 12.2 Å². The van der Waals surface area contributed by atoms with E-state index in [4.69, 9.17) is 31.0 Å². The summed E-state index contributed by atoms with van der Waals surface area (Å²) in [5.74, 6) is 9.45. The standard InChI is InChI=1S/C17H21N6O16P3/c18-14-10(2-1-5-20-15(25)9-3-4-12(35-19)21-7-9)8-23(17(26)22-14)13-6-11(24)16(34-13)36-37-41(30,31)39-42(32,33)38-40(27,28)29/h3-4,7-8,11,13,16,24H,5-6,19H2,(H,20,25)(H,30,31)(H,32,33)(H2,18,22,26)(H2,27,28,29). The van der Waals surface area contributed by atoms with Gasteiger partial charge in [-0.05, 0) is 6.07 Å². The van der Waals surface area contributed by atoms with Crippen LogP contribution >= 0.6 is 23.5 Å². The van der Waals surface area contributed by atoms with Gasteiger partial charge < -0.3 is 45.3 Å². The number of phosphoric acid groups is 3. The molecule has 1 amide bonds. The quantitative estimate of drug-likeness (QED) is 0.0567. The van der Waals surface area contributed by atoms with Gasteiger partial charge in [-0.15, -0.1) is 4.67 Å². The average molecular weight is 658 g/mol. The number of carbonyl (C=O) groups is 1. The molecule has 2 aromatic rings. The minimum atomic E-state index is -5.82. The maximum Gasteiger partial charge on any atom is 0.508 e. The molecule has 0 aliphatic carbocycles. The minimum Gasteiger partial charge on any atom is -0.391 e. The molecular formula is C17H21N6O16P3. The lowest BCUT2D eigenvalue weighted by Crippen LogP contribution is -2.29. The van der Waals surface area contributed by atoms with Crippen LogP contribution in [0.4, 0.5) is 5.82 Å². The number of rotatable bonds is 11. The number of aromatic nitrogens is 3. The van der Waals surface area contributed by atoms with Gasteiger partial charge in [0, 0.05) is 24.9 Å². The molecule has 1 aliphatic rings. The molecule has 3 rings (SSSR count). The Kier molecular flexibility index (Phi) is 10.7. The molecule has 5 unspecified atom stereocenters. The van der Waals surface area contributed by atoms with E-state index in [1.165, 1.54) is 18.3 Å². The molecule has 1 aliphatic heterocycles. The van der Waals surface area contributed by atoms with Gasteiger partial charge in [-0.2, -0.15) is 24.4 Å². The highest BCUT2D eigenvalue weighted by Gasteiger charge is 2.44. The fraction of sp³-hybridized carbons (Fsp3) is 0.294. The van der Waals surface area contributed by atoms with E-state index in [0.717, 1.165) is 10.8 Å². The third-order valence-electron chi connectivity index (χ3n) is 4.67. The van der Waals surface area contributed by atoms with E-state index in [0.29, 0.717) is 0 Å². The molecule has 2 aromatic heterocycles. The third-order valence-corrected chi connectivity index (χ3v) is 8.27. The first kappa shape index (κ1) is 33.4. The van der Waals surface area contributed by atoms with Crippen LogP contribution in [0.15, 0.2) is 29.3 Å². The molecule has 0 bridgehead atoms. The molecular weight excluding hydrogens is 637 g/mol. The lowest BCUT2D eigenvalue weighted by atomic mass is 10.2. The van der Waals surface area contributed by atoms with Crippen molar-refractivity contribution in [2.75, 3.05) is 12.3 Å². The van der Waals surface area contributed by atoms with Crippen molar-refractivity contribution < 1.29 is 70.9 Å². The summed E-state index contributed by atoms with van der Waals surface area (Å²) >= 11 is 0. The van der Waals surface area contributed by atoms with Gasteiger partial charge in [-0.25, -0.2) is 23.5 Å². The van der Waals surface area contributed by atoms with Crippen LogP contribution in [0.2, 0.25) is 0 Å². The van der Waals surface area contributed by atoms with Crippen LogP contribution in [-0.4, -0.2) is 64.1 Å². The second-order valence-electron chi connectivity index (χ2n) is 7.74. The monoisotopic (exact) mass is 658 g/mol. The van der Waals surface area contributed by atoms with E-state index in [-0.39, 0.29) is 35.8 Å². The van der Waals surface area contributed by atoms with Crippen LogP contribution in [-0.2, 0) is 36.6 Å².